The van der Waals surface area contributed by atoms with E-state index in [4.69, 9.17) is 9.47 Å². The summed E-state index contributed by atoms with van der Waals surface area (Å²) < 4.78 is 38.8. The molecule has 2 aliphatic heterocycles. The van der Waals surface area contributed by atoms with E-state index >= 15 is 0 Å². The minimum atomic E-state index is -3.71. The Morgan fingerprint density at radius 2 is 1.91 bits per heavy atom. The Hall–Kier alpha value is -2.88. The van der Waals surface area contributed by atoms with E-state index in [9.17, 15) is 13.2 Å². The molecule has 0 unspecified atom stereocenters. The predicted octanol–water partition coefficient (Wildman–Crippen LogP) is 3.89. The summed E-state index contributed by atoms with van der Waals surface area (Å²) in [6.45, 7) is 4.74. The van der Waals surface area contributed by atoms with Gasteiger partial charge in [-0.3, -0.25) is 4.79 Å². The lowest BCUT2D eigenvalue weighted by Gasteiger charge is -2.28. The molecule has 9 heteroatoms. The Morgan fingerprint density at radius 3 is 2.76 bits per heavy atom. The van der Waals surface area contributed by atoms with Crippen LogP contribution in [0.2, 0.25) is 0 Å². The number of carbonyl (C=O) groups is 1. The average Bonchev–Trinajstić information content (AvgIpc) is 3.47. The normalized spacial score (nSPS) is 15.8. The number of carbonyl (C=O) groups excluding carboxylic acids is 1. The maximum Gasteiger partial charge on any atom is 0.251 e. The van der Waals surface area contributed by atoms with Crippen LogP contribution >= 0.6 is 11.3 Å². The number of rotatable bonds is 5. The molecule has 2 aromatic carbocycles. The van der Waals surface area contributed by atoms with Gasteiger partial charge in [-0.05, 0) is 73.2 Å². The number of thiophene rings is 1. The molecule has 1 aromatic heterocycles. The predicted molar refractivity (Wildman–Crippen MR) is 125 cm³/mol. The van der Waals surface area contributed by atoms with Crippen LogP contribution in [-0.4, -0.2) is 32.0 Å². The molecule has 5 rings (SSSR count). The molecule has 7 nitrogen and oxygen atoms in total. The maximum atomic E-state index is 13.3. The second kappa shape index (κ2) is 8.16. The number of ether oxygens (including phenoxy) is 2. The summed E-state index contributed by atoms with van der Waals surface area (Å²) in [5, 5.41) is 5.00. The summed E-state index contributed by atoms with van der Waals surface area (Å²) >= 11 is 1.66. The van der Waals surface area contributed by atoms with Gasteiger partial charge in [0.2, 0.25) is 16.8 Å². The van der Waals surface area contributed by atoms with Gasteiger partial charge in [-0.1, -0.05) is 12.1 Å². The summed E-state index contributed by atoms with van der Waals surface area (Å²) in [6, 6.07) is 13.7. The van der Waals surface area contributed by atoms with Gasteiger partial charge in [-0.15, -0.1) is 11.3 Å². The lowest BCUT2D eigenvalue weighted by Crippen LogP contribution is -2.41. The molecule has 0 saturated carbocycles. The Balaban J connectivity index is 1.36. The smallest absolute Gasteiger partial charge is 0.251 e. The van der Waals surface area contributed by atoms with Crippen molar-refractivity contribution in [1.82, 2.24) is 9.62 Å². The molecule has 0 bridgehead atoms. The number of amides is 1. The van der Waals surface area contributed by atoms with Crippen molar-refractivity contribution in [3.05, 3.63) is 75.5 Å². The Morgan fingerprint density at radius 1 is 1.09 bits per heavy atom. The first-order valence-corrected chi connectivity index (χ1v) is 12.9. The maximum absolute atomic E-state index is 13.3. The minimum Gasteiger partial charge on any atom is -0.454 e. The van der Waals surface area contributed by atoms with Gasteiger partial charge < -0.3 is 14.8 Å². The van der Waals surface area contributed by atoms with Crippen molar-refractivity contribution in [3.63, 3.8) is 0 Å². The minimum absolute atomic E-state index is 0.120. The van der Waals surface area contributed by atoms with E-state index < -0.39 is 15.6 Å². The molecule has 3 heterocycles. The molecule has 0 fully saturated rings. The molecule has 0 aliphatic carbocycles. The summed E-state index contributed by atoms with van der Waals surface area (Å²) in [5.74, 6) is 0.956. The van der Waals surface area contributed by atoms with Gasteiger partial charge >= 0.3 is 0 Å². The molecular formula is C24H24N2O5S2. The molecule has 0 radical (unpaired) electrons. The van der Waals surface area contributed by atoms with Gasteiger partial charge in [0.15, 0.2) is 11.5 Å². The molecule has 33 heavy (non-hydrogen) atoms. The van der Waals surface area contributed by atoms with Crippen LogP contribution in [0.25, 0.3) is 0 Å². The fourth-order valence-corrected chi connectivity index (χ4v) is 6.44. The second-order valence-corrected chi connectivity index (χ2v) is 11.6. The first-order valence-electron chi connectivity index (χ1n) is 10.6. The molecule has 0 atom stereocenters. The van der Waals surface area contributed by atoms with Gasteiger partial charge in [0.25, 0.3) is 5.91 Å². The molecule has 3 aromatic rings. The first-order chi connectivity index (χ1) is 15.7. The van der Waals surface area contributed by atoms with Crippen LogP contribution in [0.4, 0.5) is 0 Å². The third kappa shape index (κ3) is 4.12. The molecule has 0 spiro atoms. The number of hydrogen-bond acceptors (Lipinski definition) is 6. The van der Waals surface area contributed by atoms with Crippen molar-refractivity contribution in [2.24, 2.45) is 0 Å². The highest BCUT2D eigenvalue weighted by Gasteiger charge is 2.30. The Bertz CT molecular complexity index is 1330. The second-order valence-electron chi connectivity index (χ2n) is 8.63. The van der Waals surface area contributed by atoms with E-state index in [2.05, 4.69) is 5.32 Å². The van der Waals surface area contributed by atoms with Crippen molar-refractivity contribution in [2.75, 3.05) is 13.3 Å². The summed E-state index contributed by atoms with van der Waals surface area (Å²) in [6.07, 6.45) is 0.704. The van der Waals surface area contributed by atoms with Crippen molar-refractivity contribution in [3.8, 4) is 11.5 Å². The van der Waals surface area contributed by atoms with Crippen molar-refractivity contribution in [2.45, 2.75) is 37.2 Å². The summed E-state index contributed by atoms with van der Waals surface area (Å²) in [7, 11) is -3.71. The SMILES string of the molecule is CC(C)(NC(=O)c1cccc(S(=O)(=O)N2CCc3sccc3C2)c1)c1ccc2c(c1)OCO2. The van der Waals surface area contributed by atoms with Crippen molar-refractivity contribution >= 4 is 27.3 Å². The topological polar surface area (TPSA) is 84.9 Å². The number of benzene rings is 2. The van der Waals surface area contributed by atoms with Gasteiger partial charge in [0.05, 0.1) is 10.4 Å². The molecule has 172 valence electrons. The number of nitrogens with one attached hydrogen (secondary N) is 1. The van der Waals surface area contributed by atoms with Gasteiger partial charge in [0.1, 0.15) is 0 Å². The van der Waals surface area contributed by atoms with Gasteiger partial charge in [-0.2, -0.15) is 4.31 Å². The van der Waals surface area contributed by atoms with E-state index in [0.717, 1.165) is 11.1 Å². The fraction of sp³-hybridized carbons (Fsp3) is 0.292. The number of nitrogens with zero attached hydrogens (tertiary/aromatic N) is 1. The molecule has 1 amide bonds. The molecule has 0 saturated heterocycles. The van der Waals surface area contributed by atoms with E-state index in [1.54, 1.807) is 23.5 Å². The molecular weight excluding hydrogens is 460 g/mol. The van der Waals surface area contributed by atoms with Gasteiger partial charge in [-0.25, -0.2) is 8.42 Å². The largest absolute Gasteiger partial charge is 0.454 e. The first kappa shape index (κ1) is 21.9. The summed E-state index contributed by atoms with van der Waals surface area (Å²) in [5.41, 5.74) is 1.48. The molecule has 2 aliphatic rings. The lowest BCUT2D eigenvalue weighted by atomic mass is 9.93. The van der Waals surface area contributed by atoms with Crippen LogP contribution < -0.4 is 14.8 Å². The third-order valence-electron chi connectivity index (χ3n) is 6.03. The van der Waals surface area contributed by atoms with E-state index in [1.165, 1.54) is 21.3 Å². The zero-order chi connectivity index (χ0) is 23.2. The van der Waals surface area contributed by atoms with E-state index in [1.807, 2.05) is 43.5 Å². The lowest BCUT2D eigenvalue weighted by molar-refractivity contribution is 0.0911. The fourth-order valence-electron chi connectivity index (χ4n) is 4.09. The van der Waals surface area contributed by atoms with E-state index in [-0.39, 0.29) is 23.2 Å². The van der Waals surface area contributed by atoms with Crippen LogP contribution in [-0.2, 0) is 28.5 Å². The highest BCUT2D eigenvalue weighted by Crippen LogP contribution is 2.36. The standard InChI is InChI=1S/C24H24N2O5S2/c1-24(2,18-6-7-20-21(13-18)31-15-30-20)25-23(27)16-4-3-5-19(12-16)33(28,29)26-10-8-22-17(14-26)9-11-32-22/h3-7,9,11-13H,8,10,14-15H2,1-2H3,(H,25,27). The Kier molecular flexibility index (Phi) is 5.43. The van der Waals surface area contributed by atoms with Crippen LogP contribution in [0, 0.1) is 0 Å². The zero-order valence-electron chi connectivity index (χ0n) is 18.3. The number of sulfonamides is 1. The van der Waals surface area contributed by atoms with Crippen LogP contribution in [0.1, 0.15) is 40.2 Å². The van der Waals surface area contributed by atoms with Crippen LogP contribution in [0.3, 0.4) is 0 Å². The monoisotopic (exact) mass is 484 g/mol. The van der Waals surface area contributed by atoms with Crippen molar-refractivity contribution in [1.29, 1.82) is 0 Å². The third-order valence-corrected chi connectivity index (χ3v) is 8.89. The average molecular weight is 485 g/mol. The van der Waals surface area contributed by atoms with Crippen LogP contribution in [0.15, 0.2) is 58.8 Å². The van der Waals surface area contributed by atoms with Crippen LogP contribution in [0.5, 0.6) is 11.5 Å². The van der Waals surface area contributed by atoms with Crippen molar-refractivity contribution < 1.29 is 22.7 Å². The number of fused-ring (bicyclic) bond motifs is 2. The van der Waals surface area contributed by atoms with Gasteiger partial charge in [0, 0.05) is 23.5 Å². The Labute approximate surface area is 197 Å². The highest BCUT2D eigenvalue weighted by atomic mass is 32.2. The number of hydrogen-bond donors (Lipinski definition) is 1. The zero-order valence-corrected chi connectivity index (χ0v) is 20.0. The van der Waals surface area contributed by atoms with E-state index in [0.29, 0.717) is 31.0 Å². The molecule has 1 N–H and O–H groups in total. The quantitative estimate of drug-likeness (QED) is 0.594. The highest BCUT2D eigenvalue weighted by molar-refractivity contribution is 7.89. The summed E-state index contributed by atoms with van der Waals surface area (Å²) in [4.78, 5) is 14.4.